The van der Waals surface area contributed by atoms with Crippen LogP contribution in [0.1, 0.15) is 64.2 Å². The summed E-state index contributed by atoms with van der Waals surface area (Å²) < 4.78 is 65.7. The van der Waals surface area contributed by atoms with Crippen LogP contribution in [0.25, 0.3) is 0 Å². The Labute approximate surface area is 241 Å². The molecule has 8 nitrogen and oxygen atoms in total. The van der Waals surface area contributed by atoms with E-state index in [9.17, 15) is 25.9 Å². The fourth-order valence-electron chi connectivity index (χ4n) is 6.39. The first-order valence-corrected chi connectivity index (χ1v) is 20.7. The van der Waals surface area contributed by atoms with Crippen molar-refractivity contribution < 1.29 is 25.9 Å². The van der Waals surface area contributed by atoms with Crippen LogP contribution in [0.15, 0.2) is 58.3 Å². The maximum Gasteiger partial charge on any atom is 0.294 e. The summed E-state index contributed by atoms with van der Waals surface area (Å²) in [6, 6.07) is 13.4. The molecule has 12 heteroatoms. The molecule has 220 valence electrons. The lowest BCUT2D eigenvalue weighted by Gasteiger charge is -2.46. The highest BCUT2D eigenvalue weighted by Gasteiger charge is 2.34. The lowest BCUT2D eigenvalue weighted by Crippen LogP contribution is -2.38. The van der Waals surface area contributed by atoms with Gasteiger partial charge in [-0.3, -0.25) is 9.11 Å². The largest absolute Gasteiger partial charge is 0.363 e. The van der Waals surface area contributed by atoms with Crippen molar-refractivity contribution >= 4 is 47.5 Å². The van der Waals surface area contributed by atoms with Gasteiger partial charge in [0.1, 0.15) is 0 Å². The van der Waals surface area contributed by atoms with Gasteiger partial charge in [0.05, 0.1) is 9.79 Å². The van der Waals surface area contributed by atoms with Gasteiger partial charge in [0.15, 0.2) is 0 Å². The Morgan fingerprint density at radius 2 is 0.825 bits per heavy atom. The molecular weight excluding hydrogens is 586 g/mol. The predicted molar refractivity (Wildman–Crippen MR) is 165 cm³/mol. The van der Waals surface area contributed by atoms with Gasteiger partial charge in [-0.2, -0.15) is 16.8 Å². The van der Waals surface area contributed by atoms with Crippen molar-refractivity contribution in [3.63, 3.8) is 0 Å². The highest BCUT2D eigenvalue weighted by Crippen LogP contribution is 2.56. The number of anilines is 2. The van der Waals surface area contributed by atoms with Crippen molar-refractivity contribution in [2.24, 2.45) is 0 Å². The van der Waals surface area contributed by atoms with Crippen molar-refractivity contribution in [3.05, 3.63) is 48.5 Å². The number of hydrogen-bond donors (Lipinski definition) is 2. The summed E-state index contributed by atoms with van der Waals surface area (Å²) in [7, 11) is -9.34. The third-order valence-electron chi connectivity index (χ3n) is 8.59. The monoisotopic (exact) mass is 626 g/mol. The summed E-state index contributed by atoms with van der Waals surface area (Å²) >= 11 is 0. The average Bonchev–Trinajstić information content (AvgIpc) is 2.93. The molecule has 3 fully saturated rings. The molecule has 2 aromatic rings. The van der Waals surface area contributed by atoms with Gasteiger partial charge in [-0.05, 0) is 85.5 Å². The molecule has 0 radical (unpaired) electrons. The van der Waals surface area contributed by atoms with Gasteiger partial charge in [0, 0.05) is 36.5 Å². The Hall–Kier alpha value is -1.28. The van der Waals surface area contributed by atoms with Gasteiger partial charge in [-0.15, -0.1) is 0 Å². The normalized spacial score (nSPS) is 24.4. The van der Waals surface area contributed by atoms with Crippen LogP contribution in [-0.2, 0) is 20.2 Å². The van der Waals surface area contributed by atoms with Gasteiger partial charge in [0.25, 0.3) is 20.2 Å². The summed E-state index contributed by atoms with van der Waals surface area (Å²) in [5.41, 5.74) is 3.35. The topological polar surface area (TPSA) is 115 Å². The minimum absolute atomic E-state index is 0.0769. The maximum atomic E-state index is 11.7. The van der Waals surface area contributed by atoms with Crippen LogP contribution in [-0.4, -0.2) is 62.4 Å². The lowest BCUT2D eigenvalue weighted by molar-refractivity contribution is 0.481. The minimum atomic E-state index is -4.24. The molecule has 2 saturated carbocycles. The van der Waals surface area contributed by atoms with E-state index in [1.165, 1.54) is 88.5 Å². The highest BCUT2D eigenvalue weighted by atomic mass is 32.2. The van der Waals surface area contributed by atoms with E-state index in [4.69, 9.17) is 0 Å². The molecule has 1 heterocycles. The first-order valence-electron chi connectivity index (χ1n) is 14.2. The van der Waals surface area contributed by atoms with Crippen LogP contribution >= 0.6 is 15.8 Å². The third-order valence-corrected chi connectivity index (χ3v) is 16.2. The number of hydrogen-bond acceptors (Lipinski definition) is 6. The summed E-state index contributed by atoms with van der Waals surface area (Å²) in [5, 5.41) is 0. The van der Waals surface area contributed by atoms with Gasteiger partial charge >= 0.3 is 0 Å². The van der Waals surface area contributed by atoms with Crippen molar-refractivity contribution in [3.8, 4) is 0 Å². The van der Waals surface area contributed by atoms with Gasteiger partial charge in [0.2, 0.25) is 0 Å². The van der Waals surface area contributed by atoms with E-state index in [0.29, 0.717) is 11.3 Å². The zero-order valence-electron chi connectivity index (χ0n) is 22.8. The Kier molecular flexibility index (Phi) is 9.76. The van der Waals surface area contributed by atoms with Crippen LogP contribution in [0.3, 0.4) is 0 Å². The maximum absolute atomic E-state index is 11.7. The molecule has 1 aliphatic heterocycles. The fraction of sp³-hybridized carbons (Fsp3) is 0.571. The molecule has 0 unspecified atom stereocenters. The first kappa shape index (κ1) is 30.2. The van der Waals surface area contributed by atoms with Crippen molar-refractivity contribution in [1.82, 2.24) is 0 Å². The van der Waals surface area contributed by atoms with Crippen molar-refractivity contribution in [2.75, 3.05) is 34.9 Å². The summed E-state index contributed by atoms with van der Waals surface area (Å²) in [4.78, 5) is 4.86. The van der Waals surface area contributed by atoms with E-state index in [-0.39, 0.29) is 9.79 Å². The van der Waals surface area contributed by atoms with E-state index >= 15 is 0 Å². The first-order chi connectivity index (χ1) is 19.1. The van der Waals surface area contributed by atoms with Gasteiger partial charge in [-0.25, -0.2) is 0 Å². The molecule has 0 bridgehead atoms. The van der Waals surface area contributed by atoms with Gasteiger partial charge in [-0.1, -0.05) is 54.4 Å². The minimum Gasteiger partial charge on any atom is -0.363 e. The molecule has 2 aromatic carbocycles. The highest BCUT2D eigenvalue weighted by molar-refractivity contribution is 7.86. The Balaban J connectivity index is 1.49. The zero-order valence-corrected chi connectivity index (χ0v) is 26.2. The molecule has 2 N–H and O–H groups in total. The van der Waals surface area contributed by atoms with Crippen LogP contribution in [0, 0.1) is 0 Å². The standard InChI is InChI=1S/C28H40N2O6P2S2/c31-39(32,33)27-15-11-23(12-16-27)29-19-37(25-7-3-1-4-8-25)20-30(22-38(21-29)26-9-5-2-6-10-26)24-13-17-28(18-14-24)40(34,35)36/h11-18,25-26H,1-10,19-22H2,(H,31,32,33)(H,34,35,36). The molecule has 0 amide bonds. The smallest absolute Gasteiger partial charge is 0.294 e. The lowest BCUT2D eigenvalue weighted by atomic mass is 10.0. The Morgan fingerprint density at radius 1 is 0.525 bits per heavy atom. The SMILES string of the molecule is O=S(=O)(O)c1ccc(N2CP(C3CCCCC3)CN(c3ccc(S(=O)(=O)O)cc3)CP(C3CCCCC3)C2)cc1. The van der Waals surface area contributed by atoms with Crippen LogP contribution in [0.2, 0.25) is 0 Å². The molecule has 0 spiro atoms. The molecule has 2 aliphatic carbocycles. The second-order valence-corrected chi connectivity index (χ2v) is 19.1. The Bertz CT molecular complexity index is 1230. The fourth-order valence-corrected chi connectivity index (χ4v) is 13.8. The second-order valence-electron chi connectivity index (χ2n) is 11.3. The molecule has 40 heavy (non-hydrogen) atoms. The molecule has 0 atom stereocenters. The predicted octanol–water partition coefficient (Wildman–Crippen LogP) is 6.97. The zero-order chi connectivity index (χ0) is 28.3. The van der Waals surface area contributed by atoms with E-state index in [2.05, 4.69) is 9.80 Å². The second kappa shape index (κ2) is 12.9. The molecule has 3 aliphatic rings. The van der Waals surface area contributed by atoms with Crippen LogP contribution < -0.4 is 9.80 Å². The van der Waals surface area contributed by atoms with E-state index in [1.54, 1.807) is 0 Å². The van der Waals surface area contributed by atoms with Crippen molar-refractivity contribution in [2.45, 2.75) is 85.3 Å². The molecule has 0 aromatic heterocycles. The van der Waals surface area contributed by atoms with Crippen LogP contribution in [0.5, 0.6) is 0 Å². The quantitative estimate of drug-likeness (QED) is 0.261. The van der Waals surface area contributed by atoms with Crippen molar-refractivity contribution in [1.29, 1.82) is 0 Å². The van der Waals surface area contributed by atoms with E-state index in [1.807, 2.05) is 24.3 Å². The number of benzene rings is 2. The average molecular weight is 627 g/mol. The third kappa shape index (κ3) is 7.56. The van der Waals surface area contributed by atoms with Gasteiger partial charge < -0.3 is 9.80 Å². The van der Waals surface area contributed by atoms with Crippen LogP contribution in [0.4, 0.5) is 11.4 Å². The van der Waals surface area contributed by atoms with E-state index < -0.39 is 36.1 Å². The number of nitrogens with zero attached hydrogens (tertiary/aromatic N) is 2. The van der Waals surface area contributed by atoms with E-state index in [0.717, 1.165) is 36.5 Å². The summed E-state index contributed by atoms with van der Waals surface area (Å²) in [5.74, 6) is 0. The Morgan fingerprint density at radius 3 is 1.10 bits per heavy atom. The molecule has 1 saturated heterocycles. The summed E-state index contributed by atoms with van der Waals surface area (Å²) in [6.07, 6.45) is 16.3. The molecular formula is C28H40N2O6P2S2. The summed E-state index contributed by atoms with van der Waals surface area (Å²) in [6.45, 7) is 0. The molecule has 5 rings (SSSR count). The number of rotatable bonds is 6.